The zero-order valence-electron chi connectivity index (χ0n) is 22.7. The molecule has 1 N–H and O–H groups in total. The molecule has 0 radical (unpaired) electrons. The molecule has 0 amide bonds. The number of carbonyl (C=O) groups is 1. The van der Waals surface area contributed by atoms with Crippen molar-refractivity contribution in [2.24, 2.45) is 40.9 Å². The van der Waals surface area contributed by atoms with Crippen molar-refractivity contribution in [3.8, 4) is 5.82 Å². The normalized spacial score (nSPS) is 39.0. The van der Waals surface area contributed by atoms with Gasteiger partial charge in [0.1, 0.15) is 5.78 Å². The number of carbonyl (C=O) groups excluding carboxylic acids is 1. The van der Waals surface area contributed by atoms with Gasteiger partial charge in [0.05, 0.1) is 23.6 Å². The molecule has 37 heavy (non-hydrogen) atoms. The van der Waals surface area contributed by atoms with Crippen LogP contribution in [-0.4, -0.2) is 45.0 Å². The average molecular weight is 506 g/mol. The van der Waals surface area contributed by atoms with Crippen LogP contribution in [0, 0.1) is 47.8 Å². The van der Waals surface area contributed by atoms with Gasteiger partial charge in [-0.1, -0.05) is 13.0 Å². The molecule has 2 heterocycles. The van der Waals surface area contributed by atoms with Crippen molar-refractivity contribution < 1.29 is 14.6 Å². The topological polar surface area (TPSA) is 77.2 Å². The fourth-order valence-corrected chi connectivity index (χ4v) is 9.43. The first-order valence-corrected chi connectivity index (χ1v) is 14.5. The number of aliphatic hydroxyl groups is 1. The smallest absolute Gasteiger partial charge is 0.153 e. The molecule has 200 valence electrons. The second-order valence-electron chi connectivity index (χ2n) is 13.0. The van der Waals surface area contributed by atoms with Crippen LogP contribution in [0.15, 0.2) is 30.5 Å². The minimum Gasteiger partial charge on any atom is -0.387 e. The Hall–Kier alpha value is -2.05. The Kier molecular flexibility index (Phi) is 6.55. The van der Waals surface area contributed by atoms with Crippen LogP contribution in [0.4, 0.5) is 0 Å². The summed E-state index contributed by atoms with van der Waals surface area (Å²) >= 11 is 0. The van der Waals surface area contributed by atoms with Gasteiger partial charge < -0.3 is 9.84 Å². The first-order valence-electron chi connectivity index (χ1n) is 14.5. The van der Waals surface area contributed by atoms with E-state index in [1.54, 1.807) is 11.8 Å². The molecule has 2 aromatic heterocycles. The maximum Gasteiger partial charge on any atom is 0.153 e. The maximum atomic E-state index is 13.7. The highest BCUT2D eigenvalue weighted by atomic mass is 16.5. The number of pyridine rings is 1. The Labute approximate surface area is 221 Å². The van der Waals surface area contributed by atoms with Crippen molar-refractivity contribution in [1.82, 2.24) is 14.8 Å². The van der Waals surface area contributed by atoms with E-state index in [0.29, 0.717) is 30.6 Å². The number of hydrogen-bond donors (Lipinski definition) is 1. The zero-order chi connectivity index (χ0) is 25.8. The molecule has 2 aromatic rings. The monoisotopic (exact) mass is 505 g/mol. The predicted molar refractivity (Wildman–Crippen MR) is 142 cm³/mol. The van der Waals surface area contributed by atoms with Crippen LogP contribution in [0.25, 0.3) is 5.82 Å². The third-order valence-corrected chi connectivity index (χ3v) is 11.0. The lowest BCUT2D eigenvalue weighted by atomic mass is 9.49. The largest absolute Gasteiger partial charge is 0.387 e. The number of aromatic nitrogens is 3. The van der Waals surface area contributed by atoms with E-state index in [2.05, 4.69) is 12.0 Å². The number of ketones is 1. The SMILES string of the molecule is COC[C@@]1(O)CC[C@H]2[C@H](CC[C@@H]3[C@@H]2CC[C@]2(C)[C@@H](C(=O)Cc4cccc(-n5ccc(C)n5)n4)CC[C@@H]32)C1. The summed E-state index contributed by atoms with van der Waals surface area (Å²) in [7, 11) is 1.70. The van der Waals surface area contributed by atoms with E-state index < -0.39 is 5.60 Å². The lowest BCUT2D eigenvalue weighted by molar-refractivity contribution is -0.135. The summed E-state index contributed by atoms with van der Waals surface area (Å²) in [4.78, 5) is 18.5. The van der Waals surface area contributed by atoms with E-state index in [0.717, 1.165) is 60.6 Å². The van der Waals surface area contributed by atoms with E-state index >= 15 is 0 Å². The summed E-state index contributed by atoms with van der Waals surface area (Å²) in [5, 5.41) is 15.5. The zero-order valence-corrected chi connectivity index (χ0v) is 22.7. The summed E-state index contributed by atoms with van der Waals surface area (Å²) in [6.07, 6.45) is 12.4. The van der Waals surface area contributed by atoms with Gasteiger partial charge in [0, 0.05) is 25.6 Å². The summed E-state index contributed by atoms with van der Waals surface area (Å²) in [6, 6.07) is 7.89. The summed E-state index contributed by atoms with van der Waals surface area (Å²) in [5.41, 5.74) is 1.30. The van der Waals surface area contributed by atoms with Crippen LogP contribution in [-0.2, 0) is 16.0 Å². The molecular weight excluding hydrogens is 462 g/mol. The molecule has 0 saturated heterocycles. The Morgan fingerprint density at radius 2 is 1.92 bits per heavy atom. The molecule has 6 rings (SSSR count). The molecule has 4 aliphatic carbocycles. The number of rotatable bonds is 6. The van der Waals surface area contributed by atoms with Crippen LogP contribution in [0.3, 0.4) is 0 Å². The fourth-order valence-electron chi connectivity index (χ4n) is 9.43. The van der Waals surface area contributed by atoms with Crippen LogP contribution >= 0.6 is 0 Å². The number of nitrogens with zero attached hydrogens (tertiary/aromatic N) is 3. The average Bonchev–Trinajstić information content (AvgIpc) is 3.47. The Morgan fingerprint density at radius 3 is 2.70 bits per heavy atom. The van der Waals surface area contributed by atoms with Crippen LogP contribution < -0.4 is 0 Å². The van der Waals surface area contributed by atoms with Crippen molar-refractivity contribution in [2.45, 2.75) is 83.7 Å². The molecule has 0 spiro atoms. The fraction of sp³-hybridized carbons (Fsp3) is 0.710. The summed E-state index contributed by atoms with van der Waals surface area (Å²) < 4.78 is 7.14. The van der Waals surface area contributed by atoms with E-state index in [1.807, 2.05) is 37.4 Å². The number of fused-ring (bicyclic) bond motifs is 5. The van der Waals surface area contributed by atoms with Crippen molar-refractivity contribution in [3.63, 3.8) is 0 Å². The minimum atomic E-state index is -0.627. The van der Waals surface area contributed by atoms with Gasteiger partial charge in [-0.25, -0.2) is 9.67 Å². The Bertz CT molecular complexity index is 1150. The van der Waals surface area contributed by atoms with Crippen molar-refractivity contribution >= 4 is 5.78 Å². The van der Waals surface area contributed by atoms with Gasteiger partial charge in [0.25, 0.3) is 0 Å². The second-order valence-corrected chi connectivity index (χ2v) is 13.0. The number of methoxy groups -OCH3 is 1. The predicted octanol–water partition coefficient (Wildman–Crippen LogP) is 5.33. The molecule has 0 aromatic carbocycles. The Morgan fingerprint density at radius 1 is 1.08 bits per heavy atom. The van der Waals surface area contributed by atoms with Crippen molar-refractivity contribution in [2.75, 3.05) is 13.7 Å². The number of hydrogen-bond acceptors (Lipinski definition) is 5. The highest BCUT2D eigenvalue weighted by molar-refractivity contribution is 5.84. The van der Waals surface area contributed by atoms with Gasteiger partial charge in [0.2, 0.25) is 0 Å². The van der Waals surface area contributed by atoms with Gasteiger partial charge in [-0.15, -0.1) is 0 Å². The van der Waals surface area contributed by atoms with E-state index in [9.17, 15) is 9.90 Å². The number of ether oxygens (including phenoxy) is 1. The highest BCUT2D eigenvalue weighted by Crippen LogP contribution is 2.64. The van der Waals surface area contributed by atoms with E-state index in [-0.39, 0.29) is 11.3 Å². The van der Waals surface area contributed by atoms with E-state index in [4.69, 9.17) is 9.72 Å². The van der Waals surface area contributed by atoms with Crippen LogP contribution in [0.5, 0.6) is 0 Å². The maximum absolute atomic E-state index is 13.7. The molecule has 0 unspecified atom stereocenters. The molecule has 6 heteroatoms. The molecule has 0 aliphatic heterocycles. The Balaban J connectivity index is 1.14. The first kappa shape index (κ1) is 25.2. The van der Waals surface area contributed by atoms with Gasteiger partial charge >= 0.3 is 0 Å². The van der Waals surface area contributed by atoms with Crippen LogP contribution in [0.2, 0.25) is 0 Å². The van der Waals surface area contributed by atoms with Gasteiger partial charge in [-0.05, 0) is 118 Å². The molecular formula is C31H43N3O3. The highest BCUT2D eigenvalue weighted by Gasteiger charge is 2.58. The van der Waals surface area contributed by atoms with Gasteiger partial charge in [0.15, 0.2) is 5.82 Å². The lowest BCUT2D eigenvalue weighted by Crippen LogP contribution is -2.52. The molecule has 4 aliphatic rings. The molecule has 6 nitrogen and oxygen atoms in total. The number of Topliss-reactive ketones (excluding diaryl/α,β-unsaturated/α-hetero) is 1. The second kappa shape index (κ2) is 9.60. The minimum absolute atomic E-state index is 0.118. The molecule has 0 bridgehead atoms. The number of aryl methyl sites for hydroxylation is 1. The summed E-state index contributed by atoms with van der Waals surface area (Å²) in [6.45, 7) is 4.87. The van der Waals surface area contributed by atoms with Crippen molar-refractivity contribution in [3.05, 3.63) is 41.9 Å². The standard InChI is InChI=1S/C31H43N3O3/c1-20-13-16-34(33-20)29-6-4-5-22(32-29)17-28(35)27-10-9-26-25-8-7-21-18-31(36,19-37-3)15-12-23(21)24(25)11-14-30(26,27)2/h4-6,13,16,21,23-27,36H,7-12,14-15,17-19H2,1-3H3/t21-,23+,24-,25-,26+,27-,30+,31-/m1/s1. The molecule has 8 atom stereocenters. The molecule has 4 saturated carbocycles. The van der Waals surface area contributed by atoms with Gasteiger partial charge in [-0.3, -0.25) is 4.79 Å². The van der Waals surface area contributed by atoms with Gasteiger partial charge in [-0.2, -0.15) is 5.10 Å². The lowest BCUT2D eigenvalue weighted by Gasteiger charge is -2.57. The van der Waals surface area contributed by atoms with E-state index in [1.165, 1.54) is 32.1 Å². The summed E-state index contributed by atoms with van der Waals surface area (Å²) in [5.74, 6) is 4.85. The third kappa shape index (κ3) is 4.48. The molecule has 4 fully saturated rings. The van der Waals surface area contributed by atoms with Crippen LogP contribution in [0.1, 0.15) is 76.1 Å². The van der Waals surface area contributed by atoms with Crippen molar-refractivity contribution in [1.29, 1.82) is 0 Å². The first-order chi connectivity index (χ1) is 17.8. The quantitative estimate of drug-likeness (QED) is 0.574. The third-order valence-electron chi connectivity index (χ3n) is 11.0.